The van der Waals surface area contributed by atoms with Crippen molar-refractivity contribution >= 4 is 21.5 Å². The maximum atomic E-state index is 12.4. The standard InChI is InChI=1S/C14H15N3O2S/c1-10-3-2-4-13(9-10)20(18,19)12-7-5-11(6-8-12)17-14(15)16/h2-9H,1H3,(H4,15,16,17). The van der Waals surface area contributed by atoms with Gasteiger partial charge in [0.05, 0.1) is 15.5 Å². The molecule has 2 rings (SSSR count). The van der Waals surface area contributed by atoms with E-state index in [0.717, 1.165) is 5.56 Å². The molecule has 0 aliphatic rings. The molecule has 2 aromatic rings. The fraction of sp³-hybridized carbons (Fsp3) is 0.0714. The first kappa shape index (κ1) is 14.1. The van der Waals surface area contributed by atoms with Crippen LogP contribution in [0, 0.1) is 6.92 Å². The molecule has 5 nitrogen and oxygen atoms in total. The van der Waals surface area contributed by atoms with Crippen LogP contribution in [0.25, 0.3) is 0 Å². The average Bonchev–Trinajstić information content (AvgIpc) is 2.38. The molecule has 4 N–H and O–H groups in total. The molecule has 0 saturated carbocycles. The summed E-state index contributed by atoms with van der Waals surface area (Å²) in [4.78, 5) is 4.32. The second-order valence-electron chi connectivity index (χ2n) is 4.35. The smallest absolute Gasteiger partial charge is 0.206 e. The Hall–Kier alpha value is -2.34. The first-order valence-electron chi connectivity index (χ1n) is 5.91. The Morgan fingerprint density at radius 3 is 2.20 bits per heavy atom. The van der Waals surface area contributed by atoms with Gasteiger partial charge in [0, 0.05) is 0 Å². The molecule has 0 fully saturated rings. The number of benzene rings is 2. The summed E-state index contributed by atoms with van der Waals surface area (Å²) in [6, 6.07) is 12.9. The van der Waals surface area contributed by atoms with Gasteiger partial charge in [-0.1, -0.05) is 12.1 Å². The van der Waals surface area contributed by atoms with E-state index >= 15 is 0 Å². The SMILES string of the molecule is Cc1cccc(S(=O)(=O)c2ccc(N=C(N)N)cc2)c1. The van der Waals surface area contributed by atoms with Crippen molar-refractivity contribution in [3.05, 3.63) is 54.1 Å². The summed E-state index contributed by atoms with van der Waals surface area (Å²) in [5.74, 6) is -0.0701. The van der Waals surface area contributed by atoms with E-state index in [0.29, 0.717) is 5.69 Å². The third-order valence-corrected chi connectivity index (χ3v) is 4.47. The van der Waals surface area contributed by atoms with Crippen molar-refractivity contribution in [1.82, 2.24) is 0 Å². The quantitative estimate of drug-likeness (QED) is 0.664. The number of nitrogens with two attached hydrogens (primary N) is 2. The summed E-state index contributed by atoms with van der Waals surface area (Å²) >= 11 is 0. The van der Waals surface area contributed by atoms with E-state index in [1.807, 2.05) is 13.0 Å². The van der Waals surface area contributed by atoms with Gasteiger partial charge in [-0.25, -0.2) is 13.4 Å². The molecule has 0 spiro atoms. The van der Waals surface area contributed by atoms with Gasteiger partial charge >= 0.3 is 0 Å². The van der Waals surface area contributed by atoms with Gasteiger partial charge in [-0.2, -0.15) is 0 Å². The van der Waals surface area contributed by atoms with Crippen molar-refractivity contribution in [3.63, 3.8) is 0 Å². The molecule has 0 unspecified atom stereocenters. The highest BCUT2D eigenvalue weighted by Gasteiger charge is 2.17. The Balaban J connectivity index is 2.43. The van der Waals surface area contributed by atoms with Gasteiger partial charge < -0.3 is 11.5 Å². The highest BCUT2D eigenvalue weighted by atomic mass is 32.2. The van der Waals surface area contributed by atoms with E-state index in [1.165, 1.54) is 12.1 Å². The van der Waals surface area contributed by atoms with Crippen LogP contribution in [0.15, 0.2) is 63.3 Å². The summed E-state index contributed by atoms with van der Waals surface area (Å²) in [7, 11) is -3.52. The fourth-order valence-electron chi connectivity index (χ4n) is 1.77. The van der Waals surface area contributed by atoms with Crippen LogP contribution in [-0.2, 0) is 9.84 Å². The highest BCUT2D eigenvalue weighted by Crippen LogP contribution is 2.23. The van der Waals surface area contributed by atoms with E-state index in [9.17, 15) is 8.42 Å². The van der Waals surface area contributed by atoms with Crippen molar-refractivity contribution in [3.8, 4) is 0 Å². The third kappa shape index (κ3) is 2.97. The van der Waals surface area contributed by atoms with Crippen molar-refractivity contribution < 1.29 is 8.42 Å². The number of guanidine groups is 1. The normalized spacial score (nSPS) is 11.1. The van der Waals surface area contributed by atoms with E-state index in [1.54, 1.807) is 30.3 Å². The molecule has 0 amide bonds. The van der Waals surface area contributed by atoms with E-state index < -0.39 is 9.84 Å². The van der Waals surface area contributed by atoms with Crippen molar-refractivity contribution in [2.24, 2.45) is 16.5 Å². The second kappa shape index (κ2) is 5.34. The van der Waals surface area contributed by atoms with Gasteiger partial charge in [-0.05, 0) is 48.9 Å². The van der Waals surface area contributed by atoms with Crippen LogP contribution in [-0.4, -0.2) is 14.4 Å². The topological polar surface area (TPSA) is 98.5 Å². The predicted molar refractivity (Wildman–Crippen MR) is 78.5 cm³/mol. The van der Waals surface area contributed by atoms with Crippen LogP contribution >= 0.6 is 0 Å². The van der Waals surface area contributed by atoms with Crippen molar-refractivity contribution in [2.75, 3.05) is 0 Å². The highest BCUT2D eigenvalue weighted by molar-refractivity contribution is 7.91. The zero-order valence-electron chi connectivity index (χ0n) is 10.9. The minimum Gasteiger partial charge on any atom is -0.370 e. The fourth-order valence-corrected chi connectivity index (χ4v) is 3.13. The summed E-state index contributed by atoms with van der Waals surface area (Å²) in [5, 5.41) is 0. The molecule has 0 heterocycles. The molecule has 2 aromatic carbocycles. The van der Waals surface area contributed by atoms with Crippen LogP contribution in [0.4, 0.5) is 5.69 Å². The number of hydrogen-bond donors (Lipinski definition) is 2. The molecule has 0 aromatic heterocycles. The lowest BCUT2D eigenvalue weighted by molar-refractivity contribution is 0.596. The number of rotatable bonds is 3. The molecule has 0 aliphatic carbocycles. The van der Waals surface area contributed by atoms with Crippen LogP contribution in [0.3, 0.4) is 0 Å². The first-order valence-corrected chi connectivity index (χ1v) is 7.39. The molecule has 0 saturated heterocycles. The third-order valence-electron chi connectivity index (χ3n) is 2.71. The number of aliphatic imine (C=N–C) groups is 1. The molecule has 6 heteroatoms. The Morgan fingerprint density at radius 2 is 1.65 bits per heavy atom. The maximum absolute atomic E-state index is 12.4. The van der Waals surface area contributed by atoms with E-state index in [-0.39, 0.29) is 15.8 Å². The monoisotopic (exact) mass is 289 g/mol. The number of hydrogen-bond acceptors (Lipinski definition) is 3. The summed E-state index contributed by atoms with van der Waals surface area (Å²) in [5.41, 5.74) is 11.9. The van der Waals surface area contributed by atoms with Gasteiger partial charge in [0.2, 0.25) is 9.84 Å². The van der Waals surface area contributed by atoms with Crippen LogP contribution in [0.2, 0.25) is 0 Å². The molecule has 0 atom stereocenters. The van der Waals surface area contributed by atoms with Gasteiger partial charge in [0.1, 0.15) is 0 Å². The zero-order valence-corrected chi connectivity index (χ0v) is 11.8. The van der Waals surface area contributed by atoms with Crippen molar-refractivity contribution in [2.45, 2.75) is 16.7 Å². The number of aryl methyl sites for hydroxylation is 1. The zero-order chi connectivity index (χ0) is 14.8. The second-order valence-corrected chi connectivity index (χ2v) is 6.30. The van der Waals surface area contributed by atoms with Gasteiger partial charge in [-0.15, -0.1) is 0 Å². The molecule has 104 valence electrons. The predicted octanol–water partition coefficient (Wildman–Crippen LogP) is 1.73. The van der Waals surface area contributed by atoms with Gasteiger partial charge in [-0.3, -0.25) is 0 Å². The minimum atomic E-state index is -3.52. The maximum Gasteiger partial charge on any atom is 0.206 e. The molecule has 0 bridgehead atoms. The molecule has 0 radical (unpaired) electrons. The summed E-state index contributed by atoms with van der Waals surface area (Å²) in [6.45, 7) is 1.85. The van der Waals surface area contributed by atoms with Crippen molar-refractivity contribution in [1.29, 1.82) is 0 Å². The Bertz CT molecular complexity index is 746. The Kier molecular flexibility index (Phi) is 3.76. The number of sulfone groups is 1. The number of nitrogens with zero attached hydrogens (tertiary/aromatic N) is 1. The lowest BCUT2D eigenvalue weighted by Crippen LogP contribution is -2.21. The largest absolute Gasteiger partial charge is 0.370 e. The van der Waals surface area contributed by atoms with Crippen LogP contribution in [0.1, 0.15) is 5.56 Å². The van der Waals surface area contributed by atoms with E-state index in [4.69, 9.17) is 11.5 Å². The lowest BCUT2D eigenvalue weighted by atomic mass is 10.2. The average molecular weight is 289 g/mol. The van der Waals surface area contributed by atoms with Crippen LogP contribution < -0.4 is 11.5 Å². The lowest BCUT2D eigenvalue weighted by Gasteiger charge is -2.05. The first-order chi connectivity index (χ1) is 9.39. The summed E-state index contributed by atoms with van der Waals surface area (Å²) < 4.78 is 24.9. The van der Waals surface area contributed by atoms with Gasteiger partial charge in [0.15, 0.2) is 5.96 Å². The molecular formula is C14H15N3O2S. The van der Waals surface area contributed by atoms with Gasteiger partial charge in [0.25, 0.3) is 0 Å². The molecule has 0 aliphatic heterocycles. The van der Waals surface area contributed by atoms with Crippen LogP contribution in [0.5, 0.6) is 0 Å². The Labute approximate surface area is 117 Å². The van der Waals surface area contributed by atoms with E-state index in [2.05, 4.69) is 4.99 Å². The molecular weight excluding hydrogens is 274 g/mol. The summed E-state index contributed by atoms with van der Waals surface area (Å²) in [6.07, 6.45) is 0. The molecule has 20 heavy (non-hydrogen) atoms. The minimum absolute atomic E-state index is 0.0701. The Morgan fingerprint density at radius 1 is 1.00 bits per heavy atom.